The zero-order valence-corrected chi connectivity index (χ0v) is 12.8. The SMILES string of the molecule is CCCCCCCCOCCCNC(=S)NC(=N)N. The smallest absolute Gasteiger partial charge is 0.192 e. The van der Waals surface area contributed by atoms with Crippen LogP contribution in [0.5, 0.6) is 0 Å². The molecule has 0 aromatic rings. The third kappa shape index (κ3) is 15.1. The summed E-state index contributed by atoms with van der Waals surface area (Å²) in [6, 6.07) is 0. The fraction of sp³-hybridized carbons (Fsp3) is 0.846. The molecule has 0 saturated heterocycles. The minimum Gasteiger partial charge on any atom is -0.381 e. The third-order valence-corrected chi connectivity index (χ3v) is 2.89. The number of hydrogen-bond acceptors (Lipinski definition) is 3. The molecule has 0 fully saturated rings. The number of unbranched alkanes of at least 4 members (excludes halogenated alkanes) is 5. The number of rotatable bonds is 11. The molecule has 6 heteroatoms. The van der Waals surface area contributed by atoms with Crippen LogP contribution in [-0.4, -0.2) is 30.8 Å². The molecule has 0 saturated carbocycles. The van der Waals surface area contributed by atoms with Crippen molar-refractivity contribution in [1.29, 1.82) is 5.41 Å². The molecule has 5 N–H and O–H groups in total. The lowest BCUT2D eigenvalue weighted by molar-refractivity contribution is 0.128. The molecule has 0 atom stereocenters. The summed E-state index contributed by atoms with van der Waals surface area (Å²) in [5.41, 5.74) is 5.14. The van der Waals surface area contributed by atoms with Crippen LogP contribution in [0.2, 0.25) is 0 Å². The van der Waals surface area contributed by atoms with Crippen molar-refractivity contribution in [2.24, 2.45) is 5.73 Å². The Morgan fingerprint density at radius 3 is 2.42 bits per heavy atom. The van der Waals surface area contributed by atoms with Crippen molar-refractivity contribution in [3.8, 4) is 0 Å². The zero-order valence-electron chi connectivity index (χ0n) is 12.0. The van der Waals surface area contributed by atoms with Gasteiger partial charge in [-0.05, 0) is 25.1 Å². The van der Waals surface area contributed by atoms with Gasteiger partial charge in [-0.3, -0.25) is 5.41 Å². The van der Waals surface area contributed by atoms with Gasteiger partial charge >= 0.3 is 0 Å². The summed E-state index contributed by atoms with van der Waals surface area (Å²) in [6.45, 7) is 4.55. The highest BCUT2D eigenvalue weighted by atomic mass is 32.1. The van der Waals surface area contributed by atoms with E-state index in [2.05, 4.69) is 17.6 Å². The lowest BCUT2D eigenvalue weighted by atomic mass is 10.1. The van der Waals surface area contributed by atoms with Gasteiger partial charge < -0.3 is 21.1 Å². The minimum absolute atomic E-state index is 0.142. The van der Waals surface area contributed by atoms with Crippen LogP contribution in [0.25, 0.3) is 0 Å². The van der Waals surface area contributed by atoms with Crippen LogP contribution in [0.1, 0.15) is 51.9 Å². The summed E-state index contributed by atoms with van der Waals surface area (Å²) < 4.78 is 5.53. The maximum Gasteiger partial charge on any atom is 0.192 e. The van der Waals surface area contributed by atoms with E-state index in [4.69, 9.17) is 28.1 Å². The maximum atomic E-state index is 6.99. The van der Waals surface area contributed by atoms with Crippen LogP contribution in [0, 0.1) is 5.41 Å². The molecule has 0 aliphatic heterocycles. The highest BCUT2D eigenvalue weighted by molar-refractivity contribution is 7.80. The van der Waals surface area contributed by atoms with Gasteiger partial charge in [0.2, 0.25) is 0 Å². The summed E-state index contributed by atoms with van der Waals surface area (Å²) in [5, 5.41) is 12.9. The zero-order chi connectivity index (χ0) is 14.3. The van der Waals surface area contributed by atoms with E-state index in [-0.39, 0.29) is 5.96 Å². The van der Waals surface area contributed by atoms with E-state index in [1.165, 1.54) is 32.1 Å². The molecule has 112 valence electrons. The van der Waals surface area contributed by atoms with Crippen molar-refractivity contribution in [3.05, 3.63) is 0 Å². The average molecular weight is 288 g/mol. The predicted octanol–water partition coefficient (Wildman–Crippen LogP) is 2.11. The van der Waals surface area contributed by atoms with Crippen LogP contribution >= 0.6 is 12.2 Å². The van der Waals surface area contributed by atoms with Gasteiger partial charge in [-0.15, -0.1) is 0 Å². The van der Waals surface area contributed by atoms with E-state index in [9.17, 15) is 0 Å². The lowest BCUT2D eigenvalue weighted by Gasteiger charge is -2.09. The number of guanidine groups is 1. The molecule has 0 unspecified atom stereocenters. The number of ether oxygens (including phenoxy) is 1. The van der Waals surface area contributed by atoms with Crippen LogP contribution < -0.4 is 16.4 Å². The van der Waals surface area contributed by atoms with E-state index in [0.29, 0.717) is 5.11 Å². The Kier molecular flexibility index (Phi) is 12.9. The first kappa shape index (κ1) is 18.1. The molecule has 0 aliphatic rings. The molecule has 0 aliphatic carbocycles. The molecule has 0 radical (unpaired) electrons. The first-order chi connectivity index (χ1) is 9.16. The predicted molar refractivity (Wildman–Crippen MR) is 84.5 cm³/mol. The normalized spacial score (nSPS) is 10.2. The van der Waals surface area contributed by atoms with Crippen molar-refractivity contribution >= 4 is 23.3 Å². The van der Waals surface area contributed by atoms with Crippen molar-refractivity contribution in [2.45, 2.75) is 51.9 Å². The molecular formula is C13H28N4OS. The Morgan fingerprint density at radius 2 is 1.74 bits per heavy atom. The second kappa shape index (κ2) is 13.5. The van der Waals surface area contributed by atoms with Gasteiger partial charge in [0.05, 0.1) is 0 Å². The highest BCUT2D eigenvalue weighted by Gasteiger charge is 1.96. The first-order valence-corrected chi connectivity index (χ1v) is 7.54. The van der Waals surface area contributed by atoms with Gasteiger partial charge in [0, 0.05) is 19.8 Å². The molecule has 19 heavy (non-hydrogen) atoms. The standard InChI is InChI=1S/C13H28N4OS/c1-2-3-4-5-6-7-10-18-11-8-9-16-13(19)17-12(14)15/h2-11H2,1H3,(H5,14,15,16,17,19). The van der Waals surface area contributed by atoms with E-state index in [1.54, 1.807) is 0 Å². The number of thiocarbonyl (C=S) groups is 1. The monoisotopic (exact) mass is 288 g/mol. The van der Waals surface area contributed by atoms with E-state index < -0.39 is 0 Å². The summed E-state index contributed by atoms with van der Waals surface area (Å²) in [7, 11) is 0. The molecule has 0 bridgehead atoms. The van der Waals surface area contributed by atoms with E-state index in [1.807, 2.05) is 0 Å². The number of hydrogen-bond donors (Lipinski definition) is 4. The summed E-state index contributed by atoms with van der Waals surface area (Å²) in [5.74, 6) is -0.142. The first-order valence-electron chi connectivity index (χ1n) is 7.13. The van der Waals surface area contributed by atoms with Crippen LogP contribution in [0.3, 0.4) is 0 Å². The van der Waals surface area contributed by atoms with Gasteiger partial charge in [0.15, 0.2) is 11.1 Å². The lowest BCUT2D eigenvalue weighted by Crippen LogP contribution is -2.42. The van der Waals surface area contributed by atoms with Crippen LogP contribution in [0.15, 0.2) is 0 Å². The van der Waals surface area contributed by atoms with Gasteiger partial charge in [-0.1, -0.05) is 39.0 Å². The molecule has 0 aromatic carbocycles. The molecule has 0 rings (SSSR count). The summed E-state index contributed by atoms with van der Waals surface area (Å²) in [4.78, 5) is 0. The highest BCUT2D eigenvalue weighted by Crippen LogP contribution is 2.04. The molecule has 0 spiro atoms. The Labute approximate surface area is 122 Å². The molecule has 0 aromatic heterocycles. The van der Waals surface area contributed by atoms with Gasteiger partial charge in [-0.25, -0.2) is 0 Å². The Morgan fingerprint density at radius 1 is 1.11 bits per heavy atom. The number of nitrogens with two attached hydrogens (primary N) is 1. The van der Waals surface area contributed by atoms with Crippen LogP contribution in [-0.2, 0) is 4.74 Å². The Bertz CT molecular complexity index is 249. The third-order valence-electron chi connectivity index (χ3n) is 2.64. The second-order valence-corrected chi connectivity index (χ2v) is 4.94. The summed E-state index contributed by atoms with van der Waals surface area (Å²) in [6.07, 6.45) is 8.64. The van der Waals surface area contributed by atoms with Crippen molar-refractivity contribution in [3.63, 3.8) is 0 Å². The molecule has 5 nitrogen and oxygen atoms in total. The Hall–Kier alpha value is -0.880. The van der Waals surface area contributed by atoms with Gasteiger partial charge in [-0.2, -0.15) is 0 Å². The average Bonchev–Trinajstić information content (AvgIpc) is 2.35. The van der Waals surface area contributed by atoms with Crippen LogP contribution in [0.4, 0.5) is 0 Å². The fourth-order valence-corrected chi connectivity index (χ4v) is 1.84. The molecule has 0 amide bonds. The van der Waals surface area contributed by atoms with Gasteiger partial charge in [0.1, 0.15) is 0 Å². The Balaban J connectivity index is 3.10. The van der Waals surface area contributed by atoms with E-state index in [0.717, 1.165) is 32.6 Å². The largest absolute Gasteiger partial charge is 0.381 e. The van der Waals surface area contributed by atoms with E-state index >= 15 is 0 Å². The topological polar surface area (TPSA) is 83.2 Å². The quantitative estimate of drug-likeness (QED) is 0.203. The van der Waals surface area contributed by atoms with Crippen molar-refractivity contribution < 1.29 is 4.74 Å². The van der Waals surface area contributed by atoms with Crippen molar-refractivity contribution in [2.75, 3.05) is 19.8 Å². The van der Waals surface area contributed by atoms with Crippen molar-refractivity contribution in [1.82, 2.24) is 10.6 Å². The molecular weight excluding hydrogens is 260 g/mol. The minimum atomic E-state index is -0.142. The number of nitrogens with one attached hydrogen (secondary N) is 3. The molecule has 0 heterocycles. The maximum absolute atomic E-state index is 6.99. The van der Waals surface area contributed by atoms with Gasteiger partial charge in [0.25, 0.3) is 0 Å². The summed E-state index contributed by atoms with van der Waals surface area (Å²) >= 11 is 4.92. The fourth-order valence-electron chi connectivity index (χ4n) is 1.63. The second-order valence-electron chi connectivity index (χ2n) is 4.53.